The van der Waals surface area contributed by atoms with E-state index in [9.17, 15) is 4.79 Å². The summed E-state index contributed by atoms with van der Waals surface area (Å²) in [4.78, 5) is 17.8. The van der Waals surface area contributed by atoms with Gasteiger partial charge in [0.15, 0.2) is 0 Å². The minimum absolute atomic E-state index is 0.146. The van der Waals surface area contributed by atoms with Crippen LogP contribution in [0, 0.1) is 0 Å². The van der Waals surface area contributed by atoms with Gasteiger partial charge in [-0.1, -0.05) is 12.1 Å². The van der Waals surface area contributed by atoms with Gasteiger partial charge in [0.2, 0.25) is 0 Å². The molecule has 1 amide bonds. The number of hydrogen-bond donors (Lipinski definition) is 2. The number of nitrogens with zero attached hydrogens (tertiary/aromatic N) is 3. The first-order chi connectivity index (χ1) is 9.13. The van der Waals surface area contributed by atoms with Crippen LogP contribution in [0.25, 0.3) is 0 Å². The summed E-state index contributed by atoms with van der Waals surface area (Å²) in [7, 11) is 1.79. The SMILES string of the molecule is Cn1cnc(C(=O)N(CCO)c2ccccc2N)c1. The molecule has 1 heterocycles. The fourth-order valence-corrected chi connectivity index (χ4v) is 1.83. The van der Waals surface area contributed by atoms with Crippen molar-refractivity contribution >= 4 is 17.3 Å². The highest BCUT2D eigenvalue weighted by atomic mass is 16.3. The molecule has 0 unspecified atom stereocenters. The summed E-state index contributed by atoms with van der Waals surface area (Å²) in [6, 6.07) is 7.04. The number of benzene rings is 1. The maximum atomic E-state index is 12.4. The number of aliphatic hydroxyl groups excluding tert-OH is 1. The van der Waals surface area contributed by atoms with Gasteiger partial charge in [-0.25, -0.2) is 4.98 Å². The van der Waals surface area contributed by atoms with Crippen molar-refractivity contribution in [2.24, 2.45) is 7.05 Å². The molecule has 0 spiro atoms. The number of aromatic nitrogens is 2. The van der Waals surface area contributed by atoms with Gasteiger partial charge < -0.3 is 20.3 Å². The fourth-order valence-electron chi connectivity index (χ4n) is 1.83. The molecular weight excluding hydrogens is 244 g/mol. The van der Waals surface area contributed by atoms with E-state index in [2.05, 4.69) is 4.98 Å². The number of nitrogen functional groups attached to an aromatic ring is 1. The standard InChI is InChI=1S/C13H16N4O2/c1-16-8-11(15-9-16)13(19)17(6-7-18)12-5-3-2-4-10(12)14/h2-5,8-9,18H,6-7,14H2,1H3. The number of imidazole rings is 1. The van der Waals surface area contributed by atoms with Crippen LogP contribution in [0.4, 0.5) is 11.4 Å². The number of hydrogen-bond acceptors (Lipinski definition) is 4. The summed E-state index contributed by atoms with van der Waals surface area (Å²) in [5.74, 6) is -0.285. The lowest BCUT2D eigenvalue weighted by Gasteiger charge is -2.22. The van der Waals surface area contributed by atoms with Crippen LogP contribution in [-0.4, -0.2) is 33.7 Å². The predicted molar refractivity (Wildman–Crippen MR) is 72.8 cm³/mol. The summed E-state index contributed by atoms with van der Waals surface area (Å²) in [6.45, 7) is 0.0243. The van der Waals surface area contributed by atoms with E-state index >= 15 is 0 Å². The highest BCUT2D eigenvalue weighted by molar-refractivity contribution is 6.06. The molecule has 0 saturated heterocycles. The van der Waals surface area contributed by atoms with Crippen LogP contribution in [-0.2, 0) is 7.05 Å². The van der Waals surface area contributed by atoms with E-state index in [4.69, 9.17) is 10.8 Å². The van der Waals surface area contributed by atoms with Gasteiger partial charge in [0.1, 0.15) is 5.69 Å². The van der Waals surface area contributed by atoms with Crippen molar-refractivity contribution < 1.29 is 9.90 Å². The lowest BCUT2D eigenvalue weighted by molar-refractivity contribution is 0.0976. The number of carbonyl (C=O) groups is 1. The molecule has 0 aliphatic rings. The van der Waals surface area contributed by atoms with E-state index in [0.29, 0.717) is 17.1 Å². The predicted octanol–water partition coefficient (Wildman–Crippen LogP) is 0.641. The van der Waals surface area contributed by atoms with Gasteiger partial charge in [-0.15, -0.1) is 0 Å². The zero-order valence-electron chi connectivity index (χ0n) is 10.7. The third-order valence-corrected chi connectivity index (χ3v) is 2.72. The molecule has 0 saturated carbocycles. The number of amides is 1. The molecule has 100 valence electrons. The quantitative estimate of drug-likeness (QED) is 0.790. The van der Waals surface area contributed by atoms with E-state index in [-0.39, 0.29) is 19.1 Å². The van der Waals surface area contributed by atoms with Gasteiger partial charge in [0.25, 0.3) is 5.91 Å². The lowest BCUT2D eigenvalue weighted by atomic mass is 10.2. The molecule has 0 radical (unpaired) electrons. The van der Waals surface area contributed by atoms with E-state index in [1.807, 2.05) is 0 Å². The van der Waals surface area contributed by atoms with Crippen LogP contribution in [0.5, 0.6) is 0 Å². The molecule has 19 heavy (non-hydrogen) atoms. The van der Waals surface area contributed by atoms with Crippen molar-refractivity contribution in [1.29, 1.82) is 0 Å². The van der Waals surface area contributed by atoms with Crippen molar-refractivity contribution in [3.8, 4) is 0 Å². The molecular formula is C13H16N4O2. The Morgan fingerprint density at radius 1 is 1.47 bits per heavy atom. The molecule has 2 aromatic rings. The molecule has 0 atom stereocenters. The number of para-hydroxylation sites is 2. The number of nitrogens with two attached hydrogens (primary N) is 1. The number of aliphatic hydroxyl groups is 1. The Morgan fingerprint density at radius 3 is 2.79 bits per heavy atom. The smallest absolute Gasteiger partial charge is 0.278 e. The Bertz CT molecular complexity index is 580. The fraction of sp³-hybridized carbons (Fsp3) is 0.231. The summed E-state index contributed by atoms with van der Waals surface area (Å²) >= 11 is 0. The first-order valence-corrected chi connectivity index (χ1v) is 5.88. The molecule has 0 aliphatic carbocycles. The molecule has 0 fully saturated rings. The second-order valence-corrected chi connectivity index (χ2v) is 4.16. The normalized spacial score (nSPS) is 10.4. The number of carbonyl (C=O) groups excluding carboxylic acids is 1. The Hall–Kier alpha value is -2.34. The van der Waals surface area contributed by atoms with Crippen molar-refractivity contribution in [3.63, 3.8) is 0 Å². The average molecular weight is 260 g/mol. The van der Waals surface area contributed by atoms with Crippen molar-refractivity contribution in [3.05, 3.63) is 42.5 Å². The van der Waals surface area contributed by atoms with E-state index in [0.717, 1.165) is 0 Å². The summed E-state index contributed by atoms with van der Waals surface area (Å²) in [6.07, 6.45) is 3.19. The van der Waals surface area contributed by atoms with Crippen LogP contribution < -0.4 is 10.6 Å². The maximum absolute atomic E-state index is 12.4. The Morgan fingerprint density at radius 2 is 2.21 bits per heavy atom. The van der Waals surface area contributed by atoms with Crippen LogP contribution in [0.1, 0.15) is 10.5 Å². The van der Waals surface area contributed by atoms with Gasteiger partial charge in [0, 0.05) is 19.8 Å². The lowest BCUT2D eigenvalue weighted by Crippen LogP contribution is -2.34. The van der Waals surface area contributed by atoms with Crippen molar-refractivity contribution in [1.82, 2.24) is 9.55 Å². The Kier molecular flexibility index (Phi) is 3.82. The Labute approximate surface area is 111 Å². The van der Waals surface area contributed by atoms with Crippen LogP contribution in [0.2, 0.25) is 0 Å². The van der Waals surface area contributed by atoms with Gasteiger partial charge in [-0.05, 0) is 12.1 Å². The van der Waals surface area contributed by atoms with Crippen molar-refractivity contribution in [2.75, 3.05) is 23.8 Å². The van der Waals surface area contributed by atoms with Crippen LogP contribution in [0.3, 0.4) is 0 Å². The summed E-state index contributed by atoms with van der Waals surface area (Å²) < 4.78 is 1.69. The third-order valence-electron chi connectivity index (χ3n) is 2.72. The van der Waals surface area contributed by atoms with Gasteiger partial charge in [-0.3, -0.25) is 4.79 Å². The minimum Gasteiger partial charge on any atom is -0.397 e. The number of anilines is 2. The topological polar surface area (TPSA) is 84.4 Å². The molecule has 2 rings (SSSR count). The van der Waals surface area contributed by atoms with Crippen LogP contribution in [0.15, 0.2) is 36.8 Å². The summed E-state index contributed by atoms with van der Waals surface area (Å²) in [5.41, 5.74) is 7.25. The first-order valence-electron chi connectivity index (χ1n) is 5.88. The first kappa shape index (κ1) is 13.1. The summed E-state index contributed by atoms with van der Waals surface area (Å²) in [5, 5.41) is 9.13. The van der Waals surface area contributed by atoms with E-state index in [1.54, 1.807) is 48.4 Å². The molecule has 0 bridgehead atoms. The van der Waals surface area contributed by atoms with E-state index in [1.165, 1.54) is 4.90 Å². The highest BCUT2D eigenvalue weighted by Gasteiger charge is 2.20. The van der Waals surface area contributed by atoms with Gasteiger partial charge >= 0.3 is 0 Å². The second kappa shape index (κ2) is 5.53. The van der Waals surface area contributed by atoms with E-state index < -0.39 is 0 Å². The van der Waals surface area contributed by atoms with Crippen molar-refractivity contribution in [2.45, 2.75) is 0 Å². The molecule has 1 aromatic heterocycles. The Balaban J connectivity index is 2.35. The second-order valence-electron chi connectivity index (χ2n) is 4.16. The largest absolute Gasteiger partial charge is 0.397 e. The molecule has 6 nitrogen and oxygen atoms in total. The monoisotopic (exact) mass is 260 g/mol. The highest BCUT2D eigenvalue weighted by Crippen LogP contribution is 2.23. The van der Waals surface area contributed by atoms with Crippen LogP contribution >= 0.6 is 0 Å². The average Bonchev–Trinajstić information content (AvgIpc) is 2.83. The van der Waals surface area contributed by atoms with Gasteiger partial charge in [-0.2, -0.15) is 0 Å². The zero-order chi connectivity index (χ0) is 13.8. The molecule has 0 aliphatic heterocycles. The third kappa shape index (κ3) is 2.74. The number of aryl methyl sites for hydroxylation is 1. The molecule has 6 heteroatoms. The zero-order valence-corrected chi connectivity index (χ0v) is 10.7. The number of rotatable bonds is 4. The minimum atomic E-state index is -0.285. The molecule has 1 aromatic carbocycles. The molecule has 3 N–H and O–H groups in total. The van der Waals surface area contributed by atoms with Gasteiger partial charge in [0.05, 0.1) is 24.3 Å². The maximum Gasteiger partial charge on any atom is 0.278 e.